The highest BCUT2D eigenvalue weighted by Crippen LogP contribution is 2.19. The minimum Gasteiger partial charge on any atom is -0.489 e. The lowest BCUT2D eigenvalue weighted by Gasteiger charge is -2.24. The number of hydrogen-bond donors (Lipinski definition) is 1. The summed E-state index contributed by atoms with van der Waals surface area (Å²) in [6, 6.07) is 19.9. The fraction of sp³-hybridized carbons (Fsp3) is 0.190. The average molecular weight is 335 g/mol. The second-order valence-electron chi connectivity index (χ2n) is 5.82. The van der Waals surface area contributed by atoms with Crippen molar-refractivity contribution >= 4 is 5.78 Å². The molecule has 25 heavy (non-hydrogen) atoms. The standard InChI is InChI=1S/C21H21NO3/c1-16(23)19-12-20(24-14-17-8-4-2-5-9-17)21(13-22-19)25-15-18-10-6-3-7-11-18/h2-13,20,22H,14-15H2,1H3. The molecule has 0 saturated heterocycles. The van der Waals surface area contributed by atoms with Crippen molar-refractivity contribution in [3.05, 3.63) is 95.5 Å². The van der Waals surface area contributed by atoms with Crippen molar-refractivity contribution in [2.75, 3.05) is 0 Å². The largest absolute Gasteiger partial charge is 0.489 e. The zero-order valence-corrected chi connectivity index (χ0v) is 14.1. The first-order valence-electron chi connectivity index (χ1n) is 8.24. The van der Waals surface area contributed by atoms with Crippen LogP contribution in [0.25, 0.3) is 0 Å². The van der Waals surface area contributed by atoms with Gasteiger partial charge in [0.2, 0.25) is 0 Å². The molecule has 4 nitrogen and oxygen atoms in total. The Morgan fingerprint density at radius 2 is 1.56 bits per heavy atom. The summed E-state index contributed by atoms with van der Waals surface area (Å²) in [4.78, 5) is 11.6. The van der Waals surface area contributed by atoms with Gasteiger partial charge in [-0.2, -0.15) is 0 Å². The van der Waals surface area contributed by atoms with E-state index in [0.29, 0.717) is 24.7 Å². The van der Waals surface area contributed by atoms with E-state index >= 15 is 0 Å². The summed E-state index contributed by atoms with van der Waals surface area (Å²) >= 11 is 0. The number of benzene rings is 2. The Hall–Kier alpha value is -2.85. The molecule has 0 spiro atoms. The summed E-state index contributed by atoms with van der Waals surface area (Å²) in [6.45, 7) is 2.42. The number of carbonyl (C=O) groups is 1. The Labute approximate surface area is 147 Å². The van der Waals surface area contributed by atoms with Gasteiger partial charge in [-0.25, -0.2) is 0 Å². The molecule has 0 amide bonds. The lowest BCUT2D eigenvalue weighted by Crippen LogP contribution is -2.27. The molecule has 0 aromatic heterocycles. The molecule has 1 heterocycles. The highest BCUT2D eigenvalue weighted by molar-refractivity contribution is 5.93. The third-order valence-electron chi connectivity index (χ3n) is 3.87. The summed E-state index contributed by atoms with van der Waals surface area (Å²) in [5.74, 6) is 0.622. The van der Waals surface area contributed by atoms with E-state index in [1.807, 2.05) is 60.7 Å². The first kappa shape index (κ1) is 17.0. The van der Waals surface area contributed by atoms with Crippen molar-refractivity contribution in [1.29, 1.82) is 0 Å². The first-order valence-corrected chi connectivity index (χ1v) is 8.24. The molecule has 1 atom stereocenters. The van der Waals surface area contributed by atoms with Crippen LogP contribution in [0.15, 0.2) is 84.4 Å². The Balaban J connectivity index is 1.67. The van der Waals surface area contributed by atoms with E-state index in [-0.39, 0.29) is 5.78 Å². The van der Waals surface area contributed by atoms with Gasteiger partial charge < -0.3 is 14.8 Å². The van der Waals surface area contributed by atoms with Crippen molar-refractivity contribution in [3.8, 4) is 0 Å². The zero-order chi connectivity index (χ0) is 17.5. The molecule has 0 radical (unpaired) electrons. The van der Waals surface area contributed by atoms with Crippen LogP contribution in [0.4, 0.5) is 0 Å². The molecule has 128 valence electrons. The van der Waals surface area contributed by atoms with Crippen molar-refractivity contribution < 1.29 is 14.3 Å². The van der Waals surface area contributed by atoms with Crippen molar-refractivity contribution in [1.82, 2.24) is 5.32 Å². The van der Waals surface area contributed by atoms with E-state index in [1.54, 1.807) is 12.3 Å². The number of rotatable bonds is 7. The predicted molar refractivity (Wildman–Crippen MR) is 96.2 cm³/mol. The van der Waals surface area contributed by atoms with Crippen LogP contribution < -0.4 is 5.32 Å². The van der Waals surface area contributed by atoms with E-state index in [9.17, 15) is 4.79 Å². The number of allylic oxidation sites excluding steroid dienone is 1. The van der Waals surface area contributed by atoms with Gasteiger partial charge in [0.15, 0.2) is 5.78 Å². The maximum absolute atomic E-state index is 11.6. The highest BCUT2D eigenvalue weighted by Gasteiger charge is 2.21. The normalized spacial score (nSPS) is 16.4. The van der Waals surface area contributed by atoms with Crippen LogP contribution >= 0.6 is 0 Å². The predicted octanol–water partition coefficient (Wildman–Crippen LogP) is 3.71. The van der Waals surface area contributed by atoms with E-state index in [2.05, 4.69) is 5.32 Å². The Morgan fingerprint density at radius 1 is 0.960 bits per heavy atom. The van der Waals surface area contributed by atoms with Gasteiger partial charge in [0, 0.05) is 13.1 Å². The highest BCUT2D eigenvalue weighted by atomic mass is 16.5. The SMILES string of the molecule is CC(=O)C1=CC(OCc2ccccc2)C(OCc2ccccc2)=CN1. The van der Waals surface area contributed by atoms with Crippen molar-refractivity contribution in [2.45, 2.75) is 26.2 Å². The molecule has 0 bridgehead atoms. The molecule has 1 aliphatic rings. The molecular formula is C21H21NO3. The number of ketones is 1. The summed E-state index contributed by atoms with van der Waals surface area (Å²) < 4.78 is 11.9. The van der Waals surface area contributed by atoms with Gasteiger partial charge in [0.25, 0.3) is 0 Å². The summed E-state index contributed by atoms with van der Waals surface area (Å²) in [6.07, 6.45) is 3.07. The molecule has 2 aromatic carbocycles. The Kier molecular flexibility index (Phi) is 5.65. The third kappa shape index (κ3) is 4.81. The molecule has 1 N–H and O–H groups in total. The van der Waals surface area contributed by atoms with Crippen LogP contribution in [0.1, 0.15) is 18.1 Å². The lowest BCUT2D eigenvalue weighted by atomic mass is 10.1. The number of ether oxygens (including phenoxy) is 2. The molecule has 1 aliphatic heterocycles. The van der Waals surface area contributed by atoms with Gasteiger partial charge in [-0.15, -0.1) is 0 Å². The summed E-state index contributed by atoms with van der Waals surface area (Å²) in [5, 5.41) is 2.98. The molecule has 1 unspecified atom stereocenters. The monoisotopic (exact) mass is 335 g/mol. The van der Waals surface area contributed by atoms with E-state index in [4.69, 9.17) is 9.47 Å². The minimum atomic E-state index is -0.399. The number of nitrogens with one attached hydrogen (secondary N) is 1. The summed E-state index contributed by atoms with van der Waals surface area (Å²) in [7, 11) is 0. The second kappa shape index (κ2) is 8.31. The summed E-state index contributed by atoms with van der Waals surface area (Å²) in [5.41, 5.74) is 2.66. The van der Waals surface area contributed by atoms with Crippen LogP contribution in [0.3, 0.4) is 0 Å². The van der Waals surface area contributed by atoms with Gasteiger partial charge in [-0.1, -0.05) is 60.7 Å². The topological polar surface area (TPSA) is 47.6 Å². The quantitative estimate of drug-likeness (QED) is 0.838. The van der Waals surface area contributed by atoms with Crippen LogP contribution in [0.2, 0.25) is 0 Å². The van der Waals surface area contributed by atoms with Gasteiger partial charge in [-0.05, 0) is 17.2 Å². The fourth-order valence-electron chi connectivity index (χ4n) is 2.49. The van der Waals surface area contributed by atoms with E-state index in [0.717, 1.165) is 11.1 Å². The average Bonchev–Trinajstić information content (AvgIpc) is 2.66. The molecule has 4 heteroatoms. The van der Waals surface area contributed by atoms with E-state index in [1.165, 1.54) is 6.92 Å². The maximum Gasteiger partial charge on any atom is 0.175 e. The minimum absolute atomic E-state index is 0.0355. The molecule has 0 aliphatic carbocycles. The molecular weight excluding hydrogens is 314 g/mol. The zero-order valence-electron chi connectivity index (χ0n) is 14.1. The lowest BCUT2D eigenvalue weighted by molar-refractivity contribution is -0.114. The first-order chi connectivity index (χ1) is 12.2. The fourth-order valence-corrected chi connectivity index (χ4v) is 2.49. The van der Waals surface area contributed by atoms with E-state index < -0.39 is 6.10 Å². The number of dihydropyridines is 1. The molecule has 3 rings (SSSR count). The van der Waals surface area contributed by atoms with Gasteiger partial charge in [-0.3, -0.25) is 4.79 Å². The van der Waals surface area contributed by atoms with Crippen LogP contribution in [0.5, 0.6) is 0 Å². The maximum atomic E-state index is 11.6. The van der Waals surface area contributed by atoms with Crippen molar-refractivity contribution in [3.63, 3.8) is 0 Å². The second-order valence-corrected chi connectivity index (χ2v) is 5.82. The van der Waals surface area contributed by atoms with Crippen LogP contribution in [-0.4, -0.2) is 11.9 Å². The Bertz CT molecular complexity index is 766. The number of hydrogen-bond acceptors (Lipinski definition) is 4. The molecule has 0 fully saturated rings. The number of Topliss-reactive ketones (excluding diaryl/α,β-unsaturated/α-hetero) is 1. The smallest absolute Gasteiger partial charge is 0.175 e. The molecule has 2 aromatic rings. The van der Waals surface area contributed by atoms with Gasteiger partial charge in [0.1, 0.15) is 18.5 Å². The van der Waals surface area contributed by atoms with Gasteiger partial charge in [0.05, 0.1) is 12.3 Å². The van der Waals surface area contributed by atoms with Gasteiger partial charge >= 0.3 is 0 Å². The Morgan fingerprint density at radius 3 is 2.16 bits per heavy atom. The van der Waals surface area contributed by atoms with Crippen LogP contribution in [-0.2, 0) is 27.5 Å². The van der Waals surface area contributed by atoms with Crippen molar-refractivity contribution in [2.24, 2.45) is 0 Å². The molecule has 0 saturated carbocycles. The third-order valence-corrected chi connectivity index (χ3v) is 3.87. The number of carbonyl (C=O) groups excluding carboxylic acids is 1. The van der Waals surface area contributed by atoms with Crippen LogP contribution in [0, 0.1) is 0 Å².